The van der Waals surface area contributed by atoms with Gasteiger partial charge in [-0.2, -0.15) is 0 Å². The molecule has 1 aromatic heterocycles. The second-order valence-corrected chi connectivity index (χ2v) is 8.61. The first-order valence-electron chi connectivity index (χ1n) is 10.9. The van der Waals surface area contributed by atoms with Crippen LogP contribution in [-0.4, -0.2) is 59.1 Å². The third kappa shape index (κ3) is 4.13. The zero-order chi connectivity index (χ0) is 21.3. The molecule has 0 aromatic carbocycles. The number of nitrogens with one attached hydrogen (secondary N) is 1. The van der Waals surface area contributed by atoms with Gasteiger partial charge in [0.05, 0.1) is 11.8 Å². The van der Waals surface area contributed by atoms with Crippen LogP contribution in [0.5, 0.6) is 0 Å². The van der Waals surface area contributed by atoms with Gasteiger partial charge < -0.3 is 14.6 Å². The highest BCUT2D eigenvalue weighted by Gasteiger charge is 2.47. The Morgan fingerprint density at radius 3 is 2.23 bits per heavy atom. The van der Waals surface area contributed by atoms with E-state index in [2.05, 4.69) is 5.32 Å². The fraction of sp³-hybridized carbons (Fsp3) is 0.636. The molecule has 4 amide bonds. The maximum absolute atomic E-state index is 12.6. The number of furan rings is 1. The van der Waals surface area contributed by atoms with Gasteiger partial charge in [-0.05, 0) is 44.7 Å². The molecule has 0 radical (unpaired) electrons. The molecule has 2 unspecified atom stereocenters. The van der Waals surface area contributed by atoms with Crippen LogP contribution in [0.15, 0.2) is 16.5 Å². The van der Waals surface area contributed by atoms with Crippen LogP contribution in [-0.2, 0) is 14.4 Å². The maximum Gasteiger partial charge on any atom is 0.287 e. The van der Waals surface area contributed by atoms with Gasteiger partial charge in [0.25, 0.3) is 5.91 Å². The van der Waals surface area contributed by atoms with Crippen molar-refractivity contribution >= 4 is 23.6 Å². The SMILES string of the molecule is Cc1ccc(C(=O)NC2CCN(C(=O)CCN3C(=O)C4CCCCC4C3=O)CC2)o1. The average molecular weight is 415 g/mol. The predicted molar refractivity (Wildman–Crippen MR) is 107 cm³/mol. The zero-order valence-corrected chi connectivity index (χ0v) is 17.4. The number of aryl methyl sites for hydroxylation is 1. The van der Waals surface area contributed by atoms with Gasteiger partial charge in [0.1, 0.15) is 5.76 Å². The van der Waals surface area contributed by atoms with E-state index in [1.165, 1.54) is 4.90 Å². The Balaban J connectivity index is 1.22. The molecular weight excluding hydrogens is 386 g/mol. The van der Waals surface area contributed by atoms with Crippen LogP contribution in [0.2, 0.25) is 0 Å². The Kier molecular flexibility index (Phi) is 5.92. The standard InChI is InChI=1S/C22H29N3O5/c1-14-6-7-18(30-14)20(27)23-15-8-11-24(12-9-15)19(26)10-13-25-21(28)16-4-2-3-5-17(16)22(25)29/h6-7,15-17H,2-5,8-13H2,1H3,(H,23,27). The van der Waals surface area contributed by atoms with Crippen LogP contribution in [0.4, 0.5) is 0 Å². The van der Waals surface area contributed by atoms with Crippen LogP contribution in [0, 0.1) is 18.8 Å². The molecule has 2 atom stereocenters. The summed E-state index contributed by atoms with van der Waals surface area (Å²) in [4.78, 5) is 53.0. The minimum atomic E-state index is -0.236. The topological polar surface area (TPSA) is 99.9 Å². The maximum atomic E-state index is 12.6. The van der Waals surface area contributed by atoms with E-state index < -0.39 is 0 Å². The molecule has 0 bridgehead atoms. The summed E-state index contributed by atoms with van der Waals surface area (Å²) in [5.74, 6) is 0.190. The van der Waals surface area contributed by atoms with Gasteiger partial charge in [-0.15, -0.1) is 0 Å². The Morgan fingerprint density at radius 2 is 1.67 bits per heavy atom. The fourth-order valence-electron chi connectivity index (χ4n) is 4.90. The highest BCUT2D eigenvalue weighted by molar-refractivity contribution is 6.05. The number of rotatable bonds is 5. The van der Waals surface area contributed by atoms with Gasteiger partial charge in [0, 0.05) is 32.1 Å². The summed E-state index contributed by atoms with van der Waals surface area (Å²) in [7, 11) is 0. The summed E-state index contributed by atoms with van der Waals surface area (Å²) in [5.41, 5.74) is 0. The fourth-order valence-corrected chi connectivity index (χ4v) is 4.90. The summed E-state index contributed by atoms with van der Waals surface area (Å²) < 4.78 is 5.34. The molecule has 8 heteroatoms. The number of nitrogens with zero attached hydrogens (tertiary/aromatic N) is 2. The first kappa shape index (κ1) is 20.6. The number of hydrogen-bond donors (Lipinski definition) is 1. The molecule has 3 heterocycles. The number of likely N-dealkylation sites (tertiary alicyclic amines) is 2. The summed E-state index contributed by atoms with van der Waals surface area (Å²) in [6.45, 7) is 3.07. The molecule has 1 aromatic rings. The number of carbonyl (C=O) groups is 4. The molecule has 3 fully saturated rings. The monoisotopic (exact) mass is 415 g/mol. The van der Waals surface area contributed by atoms with Crippen molar-refractivity contribution in [1.82, 2.24) is 15.1 Å². The first-order valence-corrected chi connectivity index (χ1v) is 10.9. The highest BCUT2D eigenvalue weighted by Crippen LogP contribution is 2.38. The normalized spacial score (nSPS) is 24.8. The Hall–Kier alpha value is -2.64. The third-order valence-electron chi connectivity index (χ3n) is 6.63. The van der Waals surface area contributed by atoms with Crippen molar-refractivity contribution in [2.24, 2.45) is 11.8 Å². The molecule has 0 spiro atoms. The smallest absolute Gasteiger partial charge is 0.287 e. The van der Waals surface area contributed by atoms with Crippen molar-refractivity contribution in [3.05, 3.63) is 23.7 Å². The van der Waals surface area contributed by atoms with Gasteiger partial charge in [0.2, 0.25) is 17.7 Å². The summed E-state index contributed by atoms with van der Waals surface area (Å²) >= 11 is 0. The van der Waals surface area contributed by atoms with E-state index in [1.54, 1.807) is 24.0 Å². The van der Waals surface area contributed by atoms with Crippen LogP contribution in [0.1, 0.15) is 61.3 Å². The van der Waals surface area contributed by atoms with Crippen LogP contribution >= 0.6 is 0 Å². The molecule has 1 aliphatic carbocycles. The summed E-state index contributed by atoms with van der Waals surface area (Å²) in [5, 5.41) is 2.96. The molecule has 162 valence electrons. The lowest BCUT2D eigenvalue weighted by Gasteiger charge is -2.32. The quantitative estimate of drug-likeness (QED) is 0.740. The van der Waals surface area contributed by atoms with Crippen molar-refractivity contribution in [2.75, 3.05) is 19.6 Å². The number of fused-ring (bicyclic) bond motifs is 1. The Morgan fingerprint density at radius 1 is 1.03 bits per heavy atom. The van der Waals surface area contributed by atoms with Crippen LogP contribution in [0.3, 0.4) is 0 Å². The van der Waals surface area contributed by atoms with Crippen LogP contribution in [0.25, 0.3) is 0 Å². The molecule has 30 heavy (non-hydrogen) atoms. The molecule has 2 saturated heterocycles. The summed E-state index contributed by atoms with van der Waals surface area (Å²) in [6, 6.07) is 3.40. The van der Waals surface area contributed by atoms with Crippen molar-refractivity contribution in [2.45, 2.75) is 57.9 Å². The minimum Gasteiger partial charge on any atom is -0.456 e. The van der Waals surface area contributed by atoms with Crippen molar-refractivity contribution < 1.29 is 23.6 Å². The van der Waals surface area contributed by atoms with E-state index >= 15 is 0 Å². The highest BCUT2D eigenvalue weighted by atomic mass is 16.3. The van der Waals surface area contributed by atoms with E-state index in [9.17, 15) is 19.2 Å². The zero-order valence-electron chi connectivity index (χ0n) is 17.4. The largest absolute Gasteiger partial charge is 0.456 e. The second kappa shape index (κ2) is 8.62. The molecule has 8 nitrogen and oxygen atoms in total. The van der Waals surface area contributed by atoms with Crippen LogP contribution < -0.4 is 5.32 Å². The Bertz CT molecular complexity index is 816. The van der Waals surface area contributed by atoms with E-state index in [4.69, 9.17) is 4.42 Å². The second-order valence-electron chi connectivity index (χ2n) is 8.61. The van der Waals surface area contributed by atoms with Gasteiger partial charge in [-0.25, -0.2) is 0 Å². The third-order valence-corrected chi connectivity index (χ3v) is 6.63. The molecule has 3 aliphatic rings. The lowest BCUT2D eigenvalue weighted by molar-refractivity contribution is -0.141. The number of amides is 4. The predicted octanol–water partition coefficient (Wildman–Crippen LogP) is 1.87. The number of carbonyl (C=O) groups excluding carboxylic acids is 4. The lowest BCUT2D eigenvalue weighted by atomic mass is 9.81. The van der Waals surface area contributed by atoms with Gasteiger partial charge in [-0.3, -0.25) is 24.1 Å². The van der Waals surface area contributed by atoms with Gasteiger partial charge in [0.15, 0.2) is 5.76 Å². The van der Waals surface area contributed by atoms with E-state index in [-0.39, 0.29) is 54.5 Å². The van der Waals surface area contributed by atoms with E-state index in [0.29, 0.717) is 37.5 Å². The molecule has 4 rings (SSSR count). The Labute approximate surface area is 175 Å². The van der Waals surface area contributed by atoms with E-state index in [1.807, 2.05) is 0 Å². The average Bonchev–Trinajstić information content (AvgIpc) is 3.29. The number of hydrogen-bond acceptors (Lipinski definition) is 5. The van der Waals surface area contributed by atoms with Gasteiger partial charge >= 0.3 is 0 Å². The minimum absolute atomic E-state index is 0.00295. The molecule has 1 N–H and O–H groups in total. The number of piperidine rings is 1. The first-order chi connectivity index (χ1) is 14.4. The lowest BCUT2D eigenvalue weighted by Crippen LogP contribution is -2.47. The molecular formula is C22H29N3O5. The van der Waals surface area contributed by atoms with E-state index in [0.717, 1.165) is 25.7 Å². The summed E-state index contributed by atoms with van der Waals surface area (Å²) in [6.07, 6.45) is 5.08. The van der Waals surface area contributed by atoms with Crippen molar-refractivity contribution in [3.8, 4) is 0 Å². The van der Waals surface area contributed by atoms with Gasteiger partial charge in [-0.1, -0.05) is 12.8 Å². The van der Waals surface area contributed by atoms with Crippen molar-refractivity contribution in [3.63, 3.8) is 0 Å². The van der Waals surface area contributed by atoms with Crippen molar-refractivity contribution in [1.29, 1.82) is 0 Å². The number of imide groups is 1. The molecule has 1 saturated carbocycles. The molecule has 2 aliphatic heterocycles.